The fourth-order valence-electron chi connectivity index (χ4n) is 3.04. The van der Waals surface area contributed by atoms with Crippen LogP contribution < -0.4 is 5.32 Å². The van der Waals surface area contributed by atoms with Crippen molar-refractivity contribution in [2.75, 3.05) is 26.0 Å². The average molecular weight is 338 g/mol. The molecule has 0 aliphatic carbocycles. The Morgan fingerprint density at radius 2 is 1.96 bits per heavy atom. The second-order valence-corrected chi connectivity index (χ2v) is 6.44. The van der Waals surface area contributed by atoms with E-state index in [9.17, 15) is 9.59 Å². The van der Waals surface area contributed by atoms with Crippen molar-refractivity contribution in [1.82, 2.24) is 14.8 Å². The number of aromatic nitrogens is 1. The van der Waals surface area contributed by atoms with Crippen molar-refractivity contribution in [3.05, 3.63) is 58.9 Å². The summed E-state index contributed by atoms with van der Waals surface area (Å²) in [5.74, 6) is -0.161. The summed E-state index contributed by atoms with van der Waals surface area (Å²) < 4.78 is 0. The number of fused-ring (bicyclic) bond motifs is 1. The Labute approximate surface area is 147 Å². The number of carbonyl (C=O) groups is 2. The average Bonchev–Trinajstić information content (AvgIpc) is 2.61. The molecule has 6 nitrogen and oxygen atoms in total. The molecular formula is C19H22N4O2. The van der Waals surface area contributed by atoms with Gasteiger partial charge < -0.3 is 15.1 Å². The predicted molar refractivity (Wildman–Crippen MR) is 96.6 cm³/mol. The van der Waals surface area contributed by atoms with Crippen molar-refractivity contribution >= 4 is 17.6 Å². The van der Waals surface area contributed by atoms with Gasteiger partial charge in [0.1, 0.15) is 0 Å². The van der Waals surface area contributed by atoms with E-state index in [4.69, 9.17) is 0 Å². The smallest absolute Gasteiger partial charge is 0.319 e. The number of carbonyl (C=O) groups excluding carboxylic acids is 2. The first-order valence-corrected chi connectivity index (χ1v) is 8.26. The van der Waals surface area contributed by atoms with Crippen molar-refractivity contribution in [2.45, 2.75) is 19.9 Å². The number of benzene rings is 1. The first-order chi connectivity index (χ1) is 12.0. The molecule has 1 N–H and O–H groups in total. The minimum atomic E-state index is -0.161. The lowest BCUT2D eigenvalue weighted by Gasteiger charge is -2.31. The highest BCUT2D eigenvalue weighted by Crippen LogP contribution is 2.23. The highest BCUT2D eigenvalue weighted by atomic mass is 16.2. The van der Waals surface area contributed by atoms with Gasteiger partial charge in [-0.05, 0) is 36.1 Å². The summed E-state index contributed by atoms with van der Waals surface area (Å²) in [5, 5.41) is 2.96. The molecule has 25 heavy (non-hydrogen) atoms. The molecule has 3 rings (SSSR count). The van der Waals surface area contributed by atoms with Crippen molar-refractivity contribution in [3.63, 3.8) is 0 Å². The summed E-state index contributed by atoms with van der Waals surface area (Å²) in [7, 11) is 3.48. The molecule has 0 saturated heterocycles. The van der Waals surface area contributed by atoms with Crippen LogP contribution in [0.15, 0.2) is 36.7 Å². The zero-order valence-electron chi connectivity index (χ0n) is 14.7. The van der Waals surface area contributed by atoms with Gasteiger partial charge in [-0.1, -0.05) is 18.2 Å². The molecule has 0 radical (unpaired) electrons. The number of urea groups is 1. The van der Waals surface area contributed by atoms with Crippen LogP contribution in [0.2, 0.25) is 0 Å². The largest absolute Gasteiger partial charge is 0.331 e. The van der Waals surface area contributed by atoms with E-state index in [0.717, 1.165) is 22.4 Å². The molecular weight excluding hydrogens is 316 g/mol. The van der Waals surface area contributed by atoms with E-state index in [1.54, 1.807) is 36.3 Å². The fourth-order valence-corrected chi connectivity index (χ4v) is 3.04. The predicted octanol–water partition coefficient (Wildman–Crippen LogP) is 2.68. The lowest BCUT2D eigenvalue weighted by molar-refractivity contribution is 0.102. The topological polar surface area (TPSA) is 65.5 Å². The van der Waals surface area contributed by atoms with Crippen molar-refractivity contribution < 1.29 is 9.59 Å². The van der Waals surface area contributed by atoms with Crippen LogP contribution in [0.1, 0.15) is 27.0 Å². The molecule has 0 fully saturated rings. The molecule has 1 aromatic carbocycles. The van der Waals surface area contributed by atoms with Crippen molar-refractivity contribution in [3.8, 4) is 0 Å². The normalized spacial score (nSPS) is 13.2. The number of aryl methyl sites for hydroxylation is 1. The van der Waals surface area contributed by atoms with E-state index in [-0.39, 0.29) is 11.9 Å². The van der Waals surface area contributed by atoms with Crippen LogP contribution in [0.3, 0.4) is 0 Å². The van der Waals surface area contributed by atoms with Crippen LogP contribution in [-0.4, -0.2) is 47.4 Å². The van der Waals surface area contributed by atoms with Gasteiger partial charge in [0.2, 0.25) is 0 Å². The number of hydrogen-bond donors (Lipinski definition) is 1. The third-order valence-electron chi connectivity index (χ3n) is 4.43. The quantitative estimate of drug-likeness (QED) is 0.915. The lowest BCUT2D eigenvalue weighted by Crippen LogP contribution is -2.42. The van der Waals surface area contributed by atoms with Gasteiger partial charge in [-0.2, -0.15) is 0 Å². The molecule has 1 aliphatic rings. The van der Waals surface area contributed by atoms with E-state index in [1.807, 2.05) is 31.2 Å². The molecule has 0 bridgehead atoms. The number of rotatable bonds is 2. The Morgan fingerprint density at radius 1 is 1.20 bits per heavy atom. The van der Waals surface area contributed by atoms with Crippen LogP contribution in [0.5, 0.6) is 0 Å². The Morgan fingerprint density at radius 3 is 2.68 bits per heavy atom. The monoisotopic (exact) mass is 338 g/mol. The number of hydrogen-bond acceptors (Lipinski definition) is 3. The third kappa shape index (κ3) is 3.47. The molecule has 2 aromatic rings. The van der Waals surface area contributed by atoms with Crippen LogP contribution in [-0.2, 0) is 13.0 Å². The third-order valence-corrected chi connectivity index (χ3v) is 4.43. The summed E-state index contributed by atoms with van der Waals surface area (Å²) in [6.07, 6.45) is 4.00. The zero-order chi connectivity index (χ0) is 18.0. The molecule has 0 spiro atoms. The number of anilines is 1. The Balaban J connectivity index is 1.83. The second kappa shape index (κ2) is 6.93. The summed E-state index contributed by atoms with van der Waals surface area (Å²) in [6, 6.07) is 7.65. The molecule has 130 valence electrons. The maximum Gasteiger partial charge on any atom is 0.319 e. The van der Waals surface area contributed by atoms with Crippen LogP contribution in [0.25, 0.3) is 0 Å². The van der Waals surface area contributed by atoms with Gasteiger partial charge in [-0.25, -0.2) is 4.79 Å². The van der Waals surface area contributed by atoms with Crippen LogP contribution in [0.4, 0.5) is 10.5 Å². The van der Waals surface area contributed by atoms with Gasteiger partial charge >= 0.3 is 6.03 Å². The minimum Gasteiger partial charge on any atom is -0.331 e. The summed E-state index contributed by atoms with van der Waals surface area (Å²) in [6.45, 7) is 3.03. The van der Waals surface area contributed by atoms with Gasteiger partial charge in [-0.15, -0.1) is 0 Å². The summed E-state index contributed by atoms with van der Waals surface area (Å²) in [4.78, 5) is 32.4. The number of amides is 3. The second-order valence-electron chi connectivity index (χ2n) is 6.44. The van der Waals surface area contributed by atoms with Gasteiger partial charge in [0.25, 0.3) is 5.91 Å². The van der Waals surface area contributed by atoms with Crippen LogP contribution in [0, 0.1) is 6.92 Å². The zero-order valence-corrected chi connectivity index (χ0v) is 14.7. The van der Waals surface area contributed by atoms with Crippen molar-refractivity contribution in [1.29, 1.82) is 0 Å². The maximum absolute atomic E-state index is 12.7. The summed E-state index contributed by atoms with van der Waals surface area (Å²) >= 11 is 0. The maximum atomic E-state index is 12.7. The molecule has 1 aromatic heterocycles. The molecule has 0 atom stereocenters. The number of nitrogens with one attached hydrogen (secondary N) is 1. The first-order valence-electron chi connectivity index (χ1n) is 8.26. The van der Waals surface area contributed by atoms with E-state index in [0.29, 0.717) is 25.1 Å². The molecule has 0 unspecified atom stereocenters. The lowest BCUT2D eigenvalue weighted by atomic mass is 9.96. The first kappa shape index (κ1) is 17.0. The fraction of sp³-hybridized carbons (Fsp3) is 0.316. The van der Waals surface area contributed by atoms with E-state index in [2.05, 4.69) is 10.3 Å². The van der Waals surface area contributed by atoms with E-state index >= 15 is 0 Å². The highest BCUT2D eigenvalue weighted by Gasteiger charge is 2.25. The number of nitrogens with zero attached hydrogens (tertiary/aromatic N) is 3. The van der Waals surface area contributed by atoms with E-state index < -0.39 is 0 Å². The Bertz CT molecular complexity index is 817. The highest BCUT2D eigenvalue weighted by molar-refractivity contribution is 6.05. The van der Waals surface area contributed by atoms with Gasteiger partial charge in [0.15, 0.2) is 0 Å². The molecule has 1 aliphatic heterocycles. The van der Waals surface area contributed by atoms with Gasteiger partial charge in [-0.3, -0.25) is 9.78 Å². The van der Waals surface area contributed by atoms with Crippen molar-refractivity contribution in [2.24, 2.45) is 0 Å². The van der Waals surface area contributed by atoms with Gasteiger partial charge in [0, 0.05) is 45.3 Å². The number of pyridine rings is 1. The number of para-hydroxylation sites is 1. The SMILES string of the molecule is Cc1ccccc1NC(=O)c1cncc2c1CCN(C(=O)N(C)C)C2. The minimum absolute atomic E-state index is 0.0274. The molecule has 2 heterocycles. The van der Waals surface area contributed by atoms with Gasteiger partial charge in [0.05, 0.1) is 5.56 Å². The molecule has 3 amide bonds. The molecule has 0 saturated carbocycles. The molecule has 6 heteroatoms. The Hall–Kier alpha value is -2.89. The Kier molecular flexibility index (Phi) is 4.70. The van der Waals surface area contributed by atoms with E-state index in [1.165, 1.54) is 0 Å². The standard InChI is InChI=1S/C19H22N4O2/c1-13-6-4-5-7-17(13)21-18(24)16-11-20-10-14-12-23(9-8-15(14)16)19(25)22(2)3/h4-7,10-11H,8-9,12H2,1-3H3,(H,21,24). The van der Waals surface area contributed by atoms with Crippen LogP contribution >= 0.6 is 0 Å². The summed E-state index contributed by atoms with van der Waals surface area (Å²) in [5.41, 5.74) is 4.29.